The molecule has 0 atom stereocenters. The number of nitrogens with zero attached hydrogens (tertiary/aromatic N) is 2. The molecule has 0 saturated carbocycles. The van der Waals surface area contributed by atoms with Crippen molar-refractivity contribution in [2.24, 2.45) is 5.92 Å². The molecule has 0 amide bonds. The van der Waals surface area contributed by atoms with Crippen LogP contribution < -0.4 is 0 Å². The highest BCUT2D eigenvalue weighted by atomic mass is 32.1. The van der Waals surface area contributed by atoms with Crippen LogP contribution in [0.3, 0.4) is 0 Å². The van der Waals surface area contributed by atoms with Crippen molar-refractivity contribution in [1.29, 1.82) is 0 Å². The minimum atomic E-state index is 0.601. The smallest absolute Gasteiger partial charge is 0.124 e. The Labute approximate surface area is 185 Å². The van der Waals surface area contributed by atoms with Crippen LogP contribution in [-0.2, 0) is 6.42 Å². The second-order valence-corrected chi connectivity index (χ2v) is 9.63. The largest absolute Gasteiger partial charge is 0.248 e. The van der Waals surface area contributed by atoms with Crippen LogP contribution in [0.25, 0.3) is 53.2 Å². The van der Waals surface area contributed by atoms with Gasteiger partial charge in [0.15, 0.2) is 0 Å². The quantitative estimate of drug-likeness (QED) is 0.272. The SMILES string of the molecule is CC(C)Cc1cc(-c2ccc3c(ccc4ccccc43)n2)c2sc3ncccc3c2c1. The second-order valence-electron chi connectivity index (χ2n) is 8.63. The first-order valence-electron chi connectivity index (χ1n) is 10.8. The zero-order valence-corrected chi connectivity index (χ0v) is 18.4. The molecule has 3 heteroatoms. The normalized spacial score (nSPS) is 12.0. The van der Waals surface area contributed by atoms with E-state index in [9.17, 15) is 0 Å². The van der Waals surface area contributed by atoms with Gasteiger partial charge in [0.1, 0.15) is 4.83 Å². The lowest BCUT2D eigenvalue weighted by atomic mass is 9.96. The van der Waals surface area contributed by atoms with E-state index in [1.54, 1.807) is 11.3 Å². The maximum atomic E-state index is 5.12. The van der Waals surface area contributed by atoms with Gasteiger partial charge in [0.2, 0.25) is 0 Å². The summed E-state index contributed by atoms with van der Waals surface area (Å²) in [7, 11) is 0. The third-order valence-electron chi connectivity index (χ3n) is 5.93. The van der Waals surface area contributed by atoms with E-state index in [1.807, 2.05) is 12.3 Å². The van der Waals surface area contributed by atoms with Crippen LogP contribution in [0.4, 0.5) is 0 Å². The van der Waals surface area contributed by atoms with Crippen molar-refractivity contribution in [2.45, 2.75) is 20.3 Å². The number of benzene rings is 3. The number of thiophene rings is 1. The monoisotopic (exact) mass is 418 g/mol. The van der Waals surface area contributed by atoms with Gasteiger partial charge in [0.05, 0.1) is 11.2 Å². The van der Waals surface area contributed by atoms with Crippen molar-refractivity contribution in [2.75, 3.05) is 0 Å². The van der Waals surface area contributed by atoms with E-state index in [4.69, 9.17) is 4.98 Å². The van der Waals surface area contributed by atoms with Gasteiger partial charge < -0.3 is 0 Å². The maximum Gasteiger partial charge on any atom is 0.124 e. The van der Waals surface area contributed by atoms with Gasteiger partial charge >= 0.3 is 0 Å². The summed E-state index contributed by atoms with van der Waals surface area (Å²) in [4.78, 5) is 10.8. The van der Waals surface area contributed by atoms with Crippen LogP contribution >= 0.6 is 11.3 Å². The predicted molar refractivity (Wildman–Crippen MR) is 134 cm³/mol. The van der Waals surface area contributed by atoms with Crippen molar-refractivity contribution in [3.63, 3.8) is 0 Å². The fourth-order valence-corrected chi connectivity index (χ4v) is 5.74. The molecule has 0 aliphatic rings. The van der Waals surface area contributed by atoms with Crippen LogP contribution in [0.2, 0.25) is 0 Å². The summed E-state index contributed by atoms with van der Waals surface area (Å²) in [6, 6.07) is 26.1. The summed E-state index contributed by atoms with van der Waals surface area (Å²) in [6.45, 7) is 4.55. The van der Waals surface area contributed by atoms with E-state index in [1.165, 1.54) is 42.8 Å². The fourth-order valence-electron chi connectivity index (χ4n) is 4.59. The Kier molecular flexibility index (Phi) is 4.25. The molecule has 6 aromatic rings. The molecule has 0 bridgehead atoms. The average Bonchev–Trinajstić information content (AvgIpc) is 3.16. The molecule has 6 rings (SSSR count). The van der Waals surface area contributed by atoms with E-state index < -0.39 is 0 Å². The first-order chi connectivity index (χ1) is 15.2. The number of pyridine rings is 2. The van der Waals surface area contributed by atoms with Gasteiger partial charge in [-0.3, -0.25) is 0 Å². The molecule has 3 heterocycles. The molecule has 0 fully saturated rings. The highest BCUT2D eigenvalue weighted by Crippen LogP contribution is 2.40. The lowest BCUT2D eigenvalue weighted by Gasteiger charge is -2.11. The Morgan fingerprint density at radius 1 is 0.806 bits per heavy atom. The number of hydrogen-bond acceptors (Lipinski definition) is 3. The molecular weight excluding hydrogens is 396 g/mol. The van der Waals surface area contributed by atoms with Crippen LogP contribution in [0.1, 0.15) is 19.4 Å². The maximum absolute atomic E-state index is 5.12. The molecule has 150 valence electrons. The molecule has 0 spiro atoms. The van der Waals surface area contributed by atoms with E-state index in [2.05, 4.69) is 85.6 Å². The highest BCUT2D eigenvalue weighted by Gasteiger charge is 2.15. The summed E-state index contributed by atoms with van der Waals surface area (Å²) in [5.41, 5.74) is 4.65. The molecule has 0 unspecified atom stereocenters. The first-order valence-corrected chi connectivity index (χ1v) is 11.6. The van der Waals surface area contributed by atoms with Crippen molar-refractivity contribution in [1.82, 2.24) is 9.97 Å². The van der Waals surface area contributed by atoms with E-state index in [0.29, 0.717) is 5.92 Å². The summed E-state index contributed by atoms with van der Waals surface area (Å²) in [6.07, 6.45) is 2.94. The molecule has 0 N–H and O–H groups in total. The van der Waals surface area contributed by atoms with Crippen molar-refractivity contribution >= 4 is 53.3 Å². The standard InChI is InChI=1S/C28H22N2S/c1-17(2)14-18-15-23-22-8-5-13-29-28(22)31-27(23)24(16-18)26-12-10-21-20-7-4-3-6-19(20)9-11-25(21)30-26/h3-13,15-17H,14H2,1-2H3. The van der Waals surface area contributed by atoms with Crippen LogP contribution in [0.15, 0.2) is 79.0 Å². The Morgan fingerprint density at radius 2 is 1.68 bits per heavy atom. The molecule has 3 aromatic heterocycles. The third-order valence-corrected chi connectivity index (χ3v) is 7.09. The van der Waals surface area contributed by atoms with Gasteiger partial charge in [-0.05, 0) is 65.1 Å². The Bertz CT molecular complexity index is 1590. The van der Waals surface area contributed by atoms with E-state index in [-0.39, 0.29) is 0 Å². The summed E-state index contributed by atoms with van der Waals surface area (Å²) >= 11 is 1.77. The zero-order chi connectivity index (χ0) is 20.9. The van der Waals surface area contributed by atoms with Crippen molar-refractivity contribution < 1.29 is 0 Å². The molecule has 31 heavy (non-hydrogen) atoms. The lowest BCUT2D eigenvalue weighted by molar-refractivity contribution is 0.648. The molecule has 0 radical (unpaired) electrons. The van der Waals surface area contributed by atoms with Gasteiger partial charge in [0.25, 0.3) is 0 Å². The minimum Gasteiger partial charge on any atom is -0.248 e. The summed E-state index contributed by atoms with van der Waals surface area (Å²) in [5.74, 6) is 0.601. The van der Waals surface area contributed by atoms with E-state index in [0.717, 1.165) is 22.5 Å². The third kappa shape index (κ3) is 3.08. The average molecular weight is 419 g/mol. The van der Waals surface area contributed by atoms with Crippen LogP contribution in [0.5, 0.6) is 0 Å². The number of hydrogen-bond donors (Lipinski definition) is 0. The van der Waals surface area contributed by atoms with Crippen molar-refractivity contribution in [3.05, 3.63) is 84.6 Å². The second kappa shape index (κ2) is 7.14. The van der Waals surface area contributed by atoms with Gasteiger partial charge in [-0.1, -0.05) is 50.2 Å². The molecule has 0 aliphatic heterocycles. The molecule has 3 aromatic carbocycles. The van der Waals surface area contributed by atoms with Crippen LogP contribution in [0, 0.1) is 5.92 Å². The van der Waals surface area contributed by atoms with E-state index >= 15 is 0 Å². The minimum absolute atomic E-state index is 0.601. The number of rotatable bonds is 3. The Balaban J connectivity index is 1.63. The van der Waals surface area contributed by atoms with Gasteiger partial charge in [0, 0.05) is 32.6 Å². The topological polar surface area (TPSA) is 25.8 Å². The summed E-state index contributed by atoms with van der Waals surface area (Å²) in [5, 5.41) is 6.24. The molecule has 2 nitrogen and oxygen atoms in total. The van der Waals surface area contributed by atoms with Gasteiger partial charge in [-0.15, -0.1) is 11.3 Å². The number of fused-ring (bicyclic) bond motifs is 6. The molecule has 0 saturated heterocycles. The van der Waals surface area contributed by atoms with Gasteiger partial charge in [-0.25, -0.2) is 9.97 Å². The Morgan fingerprint density at radius 3 is 2.58 bits per heavy atom. The lowest BCUT2D eigenvalue weighted by Crippen LogP contribution is -1.95. The zero-order valence-electron chi connectivity index (χ0n) is 17.6. The fraction of sp³-hybridized carbons (Fsp3) is 0.143. The highest BCUT2D eigenvalue weighted by molar-refractivity contribution is 7.26. The first kappa shape index (κ1) is 18.5. The van der Waals surface area contributed by atoms with Gasteiger partial charge in [-0.2, -0.15) is 0 Å². The Hall–Kier alpha value is -3.30. The van der Waals surface area contributed by atoms with Crippen LogP contribution in [-0.4, -0.2) is 9.97 Å². The predicted octanol–water partition coefficient (Wildman–Crippen LogP) is 8.02. The summed E-state index contributed by atoms with van der Waals surface area (Å²) < 4.78 is 1.27. The molecule has 0 aliphatic carbocycles. The molecular formula is C28H22N2S. The number of aromatic nitrogens is 2. The van der Waals surface area contributed by atoms with Crippen molar-refractivity contribution in [3.8, 4) is 11.3 Å².